The number of hydrogen-bond acceptors (Lipinski definition) is 3. The topological polar surface area (TPSA) is 20.3 Å². The first-order valence-corrected chi connectivity index (χ1v) is 8.06. The van der Waals surface area contributed by atoms with Gasteiger partial charge in [0.15, 0.2) is 5.78 Å². The van der Waals surface area contributed by atoms with Gasteiger partial charge in [0.1, 0.15) is 0 Å². The van der Waals surface area contributed by atoms with Gasteiger partial charge in [-0.25, -0.2) is 0 Å². The molecule has 0 N–H and O–H groups in total. The zero-order valence-electron chi connectivity index (χ0n) is 12.5. The fourth-order valence-corrected chi connectivity index (χ4v) is 3.56. The zero-order chi connectivity index (χ0) is 14.0. The predicted octanol–water partition coefficient (Wildman–Crippen LogP) is 3.86. The van der Waals surface area contributed by atoms with E-state index in [9.17, 15) is 4.79 Å². The Balaban J connectivity index is 1.90. The molecular weight excluding hydrogens is 254 g/mol. The number of carbonyl (C=O) groups is 1. The molecule has 1 aromatic heterocycles. The van der Waals surface area contributed by atoms with Gasteiger partial charge in [0.2, 0.25) is 0 Å². The van der Waals surface area contributed by atoms with Crippen LogP contribution in [0.3, 0.4) is 0 Å². The van der Waals surface area contributed by atoms with Gasteiger partial charge in [-0.2, -0.15) is 0 Å². The average Bonchev–Trinajstić information content (AvgIpc) is 2.95. The Hall–Kier alpha value is -0.670. The highest BCUT2D eigenvalue weighted by atomic mass is 32.1. The third-order valence-electron chi connectivity index (χ3n) is 4.15. The van der Waals surface area contributed by atoms with Crippen molar-refractivity contribution in [2.24, 2.45) is 11.3 Å². The van der Waals surface area contributed by atoms with Gasteiger partial charge in [-0.05, 0) is 42.9 Å². The third kappa shape index (κ3) is 3.67. The second kappa shape index (κ2) is 5.76. The van der Waals surface area contributed by atoms with Crippen LogP contribution in [0.5, 0.6) is 0 Å². The molecule has 1 unspecified atom stereocenters. The van der Waals surface area contributed by atoms with E-state index in [0.717, 1.165) is 30.3 Å². The van der Waals surface area contributed by atoms with Crippen LogP contribution in [0.4, 0.5) is 0 Å². The van der Waals surface area contributed by atoms with E-state index in [4.69, 9.17) is 0 Å². The van der Waals surface area contributed by atoms with Crippen LogP contribution < -0.4 is 0 Å². The van der Waals surface area contributed by atoms with Crippen LogP contribution in [0.15, 0.2) is 12.1 Å². The molecule has 2 rings (SSSR count). The van der Waals surface area contributed by atoms with Crippen LogP contribution in [0.1, 0.15) is 48.7 Å². The summed E-state index contributed by atoms with van der Waals surface area (Å²) in [6, 6.07) is 4.07. The second-order valence-corrected chi connectivity index (χ2v) is 7.80. The summed E-state index contributed by atoms with van der Waals surface area (Å²) in [4.78, 5) is 16.8. The van der Waals surface area contributed by atoms with Crippen LogP contribution in [-0.2, 0) is 6.42 Å². The van der Waals surface area contributed by atoms with Gasteiger partial charge < -0.3 is 0 Å². The average molecular weight is 279 g/mol. The van der Waals surface area contributed by atoms with Crippen molar-refractivity contribution in [3.05, 3.63) is 21.9 Å². The molecule has 1 fully saturated rings. The molecule has 2 nitrogen and oxygen atoms in total. The Labute approximate surface area is 120 Å². The predicted molar refractivity (Wildman–Crippen MR) is 82.0 cm³/mol. The molecular formula is C16H25NOS. The maximum absolute atomic E-state index is 12.3. The quantitative estimate of drug-likeness (QED) is 0.780. The Morgan fingerprint density at radius 2 is 2.16 bits per heavy atom. The summed E-state index contributed by atoms with van der Waals surface area (Å²) in [5.74, 6) is 1.01. The first-order chi connectivity index (χ1) is 8.90. The summed E-state index contributed by atoms with van der Waals surface area (Å²) in [6.45, 7) is 11.8. The third-order valence-corrected chi connectivity index (χ3v) is 5.42. The fourth-order valence-electron chi connectivity index (χ4n) is 2.68. The summed E-state index contributed by atoms with van der Waals surface area (Å²) >= 11 is 1.65. The molecule has 0 saturated carbocycles. The number of nitrogens with zero attached hydrogens (tertiary/aromatic N) is 1. The van der Waals surface area contributed by atoms with Crippen molar-refractivity contribution in [2.75, 3.05) is 19.6 Å². The Kier molecular flexibility index (Phi) is 4.46. The zero-order valence-corrected chi connectivity index (χ0v) is 13.3. The molecule has 1 saturated heterocycles. The number of Topliss-reactive ketones (excluding diaryl/α,β-unsaturated/α-hetero) is 1. The van der Waals surface area contributed by atoms with E-state index in [2.05, 4.69) is 38.7 Å². The molecule has 1 aliphatic heterocycles. The first kappa shape index (κ1) is 14.7. The molecule has 3 heteroatoms. The van der Waals surface area contributed by atoms with Crippen molar-refractivity contribution in [3.63, 3.8) is 0 Å². The maximum Gasteiger partial charge on any atom is 0.186 e. The SMILES string of the molecule is CCc1ccc(C(=O)CN2CCC(C(C)(C)C)C2)s1. The molecule has 2 heterocycles. The molecule has 1 atom stereocenters. The normalized spacial score (nSPS) is 20.9. The molecule has 0 spiro atoms. The van der Waals surface area contributed by atoms with E-state index in [0.29, 0.717) is 17.7 Å². The summed E-state index contributed by atoms with van der Waals surface area (Å²) < 4.78 is 0. The van der Waals surface area contributed by atoms with Crippen molar-refractivity contribution >= 4 is 17.1 Å². The Bertz CT molecular complexity index is 444. The summed E-state index contributed by atoms with van der Waals surface area (Å²) in [5.41, 5.74) is 0.357. The lowest BCUT2D eigenvalue weighted by atomic mass is 9.80. The highest BCUT2D eigenvalue weighted by Gasteiger charge is 2.32. The fraction of sp³-hybridized carbons (Fsp3) is 0.688. The van der Waals surface area contributed by atoms with Crippen molar-refractivity contribution in [3.8, 4) is 0 Å². The smallest absolute Gasteiger partial charge is 0.186 e. The van der Waals surface area contributed by atoms with Gasteiger partial charge in [0.25, 0.3) is 0 Å². The summed E-state index contributed by atoms with van der Waals surface area (Å²) in [7, 11) is 0. The number of ketones is 1. The van der Waals surface area contributed by atoms with Crippen LogP contribution >= 0.6 is 11.3 Å². The number of carbonyl (C=O) groups excluding carboxylic acids is 1. The van der Waals surface area contributed by atoms with Gasteiger partial charge >= 0.3 is 0 Å². The lowest BCUT2D eigenvalue weighted by Gasteiger charge is -2.26. The standard InChI is InChI=1S/C16H25NOS/c1-5-13-6-7-15(19-13)14(18)11-17-9-8-12(10-17)16(2,3)4/h6-7,12H,5,8-11H2,1-4H3. The van der Waals surface area contributed by atoms with E-state index in [1.807, 2.05) is 6.07 Å². The Morgan fingerprint density at radius 3 is 2.68 bits per heavy atom. The number of likely N-dealkylation sites (tertiary alicyclic amines) is 1. The van der Waals surface area contributed by atoms with E-state index >= 15 is 0 Å². The van der Waals surface area contributed by atoms with Crippen LogP contribution in [-0.4, -0.2) is 30.3 Å². The molecule has 0 amide bonds. The molecule has 0 bridgehead atoms. The number of rotatable bonds is 4. The molecule has 0 radical (unpaired) electrons. The molecule has 106 valence electrons. The van der Waals surface area contributed by atoms with Gasteiger partial charge in [0.05, 0.1) is 11.4 Å². The second-order valence-electron chi connectivity index (χ2n) is 6.63. The lowest BCUT2D eigenvalue weighted by Crippen LogP contribution is -2.30. The summed E-state index contributed by atoms with van der Waals surface area (Å²) in [6.07, 6.45) is 2.25. The highest BCUT2D eigenvalue weighted by molar-refractivity contribution is 7.14. The largest absolute Gasteiger partial charge is 0.295 e. The van der Waals surface area contributed by atoms with Gasteiger partial charge in [-0.3, -0.25) is 9.69 Å². The number of aryl methyl sites for hydroxylation is 1. The molecule has 19 heavy (non-hydrogen) atoms. The minimum Gasteiger partial charge on any atom is -0.295 e. The van der Waals surface area contributed by atoms with Crippen LogP contribution in [0.25, 0.3) is 0 Å². The van der Waals surface area contributed by atoms with Gasteiger partial charge in [0, 0.05) is 11.4 Å². The van der Waals surface area contributed by atoms with E-state index in [1.165, 1.54) is 11.3 Å². The van der Waals surface area contributed by atoms with Gasteiger partial charge in [-0.15, -0.1) is 11.3 Å². The highest BCUT2D eigenvalue weighted by Crippen LogP contribution is 2.33. The van der Waals surface area contributed by atoms with Crippen LogP contribution in [0.2, 0.25) is 0 Å². The molecule has 0 aliphatic carbocycles. The first-order valence-electron chi connectivity index (χ1n) is 7.24. The van der Waals surface area contributed by atoms with Crippen molar-refractivity contribution < 1.29 is 4.79 Å². The number of thiophene rings is 1. The van der Waals surface area contributed by atoms with Crippen LogP contribution in [0, 0.1) is 11.3 Å². The minimum atomic E-state index is 0.291. The minimum absolute atomic E-state index is 0.291. The Morgan fingerprint density at radius 1 is 1.42 bits per heavy atom. The van der Waals surface area contributed by atoms with Crippen molar-refractivity contribution in [1.82, 2.24) is 4.90 Å². The maximum atomic E-state index is 12.3. The lowest BCUT2D eigenvalue weighted by molar-refractivity contribution is 0.0942. The van der Waals surface area contributed by atoms with E-state index in [1.54, 1.807) is 11.3 Å². The molecule has 1 aromatic rings. The van der Waals surface area contributed by atoms with Gasteiger partial charge in [-0.1, -0.05) is 27.7 Å². The number of hydrogen-bond donors (Lipinski definition) is 0. The van der Waals surface area contributed by atoms with E-state index < -0.39 is 0 Å². The summed E-state index contributed by atoms with van der Waals surface area (Å²) in [5, 5.41) is 0. The molecule has 0 aromatic carbocycles. The monoisotopic (exact) mass is 279 g/mol. The molecule has 1 aliphatic rings. The van der Waals surface area contributed by atoms with Crippen molar-refractivity contribution in [1.29, 1.82) is 0 Å². The van der Waals surface area contributed by atoms with Crippen molar-refractivity contribution in [2.45, 2.75) is 40.5 Å². The van der Waals surface area contributed by atoms with E-state index in [-0.39, 0.29) is 0 Å².